The molecule has 0 aliphatic rings. The zero-order valence-corrected chi connectivity index (χ0v) is 12.5. The number of benzene rings is 1. The van der Waals surface area contributed by atoms with E-state index in [-0.39, 0.29) is 6.10 Å². The molecule has 0 bridgehead atoms. The number of nitrogens with two attached hydrogens (primary N) is 1. The van der Waals surface area contributed by atoms with Crippen LogP contribution in [-0.4, -0.2) is 23.2 Å². The highest BCUT2D eigenvalue weighted by Crippen LogP contribution is 2.22. The summed E-state index contributed by atoms with van der Waals surface area (Å²) in [7, 11) is 1.59. The van der Waals surface area contributed by atoms with Gasteiger partial charge >= 0.3 is 0 Å². The first-order chi connectivity index (χ1) is 10.1. The minimum atomic E-state index is 0.0779. The van der Waals surface area contributed by atoms with Gasteiger partial charge in [-0.3, -0.25) is 0 Å². The molecular formula is C15H20N4O2. The van der Waals surface area contributed by atoms with Gasteiger partial charge in [-0.15, -0.1) is 0 Å². The second kappa shape index (κ2) is 6.78. The van der Waals surface area contributed by atoms with E-state index < -0.39 is 0 Å². The topological polar surface area (TPSA) is 82.3 Å². The summed E-state index contributed by atoms with van der Waals surface area (Å²) in [6.07, 6.45) is 1.74. The third-order valence-corrected chi connectivity index (χ3v) is 2.73. The van der Waals surface area contributed by atoms with Crippen LogP contribution in [0, 0.1) is 0 Å². The highest BCUT2D eigenvalue weighted by molar-refractivity contribution is 5.54. The van der Waals surface area contributed by atoms with Crippen molar-refractivity contribution in [3.8, 4) is 11.6 Å². The van der Waals surface area contributed by atoms with Gasteiger partial charge in [0.05, 0.1) is 18.9 Å². The van der Waals surface area contributed by atoms with E-state index in [4.69, 9.17) is 15.2 Å². The number of nitrogens with one attached hydrogen (secondary N) is 1. The summed E-state index contributed by atoms with van der Waals surface area (Å²) >= 11 is 0. The highest BCUT2D eigenvalue weighted by Gasteiger charge is 2.04. The van der Waals surface area contributed by atoms with Crippen LogP contribution < -0.4 is 20.5 Å². The summed E-state index contributed by atoms with van der Waals surface area (Å²) in [6, 6.07) is 7.37. The molecule has 6 nitrogen and oxygen atoms in total. The van der Waals surface area contributed by atoms with Crippen LogP contribution in [0.1, 0.15) is 19.4 Å². The van der Waals surface area contributed by atoms with Crippen LogP contribution in [0.4, 0.5) is 11.6 Å². The Labute approximate surface area is 124 Å². The Bertz CT molecular complexity index is 602. The predicted octanol–water partition coefficient (Wildman–Crippen LogP) is 2.47. The lowest BCUT2D eigenvalue weighted by atomic mass is 10.2. The van der Waals surface area contributed by atoms with Crippen LogP contribution in [0.2, 0.25) is 0 Å². The lowest BCUT2D eigenvalue weighted by Gasteiger charge is -2.11. The molecule has 0 atom stereocenters. The van der Waals surface area contributed by atoms with Crippen LogP contribution in [0.25, 0.3) is 0 Å². The molecule has 3 N–H and O–H groups in total. The maximum absolute atomic E-state index is 5.88. The summed E-state index contributed by atoms with van der Waals surface area (Å²) in [4.78, 5) is 8.44. The van der Waals surface area contributed by atoms with Gasteiger partial charge in [-0.1, -0.05) is 6.07 Å². The van der Waals surface area contributed by atoms with Crippen LogP contribution in [0.3, 0.4) is 0 Å². The average Bonchev–Trinajstić information content (AvgIpc) is 2.45. The first-order valence-electron chi connectivity index (χ1n) is 6.74. The molecular weight excluding hydrogens is 268 g/mol. The number of nitrogens with zero attached hydrogens (tertiary/aromatic N) is 2. The van der Waals surface area contributed by atoms with Crippen LogP contribution in [0.15, 0.2) is 30.5 Å². The van der Waals surface area contributed by atoms with Crippen molar-refractivity contribution in [2.45, 2.75) is 26.5 Å². The zero-order chi connectivity index (χ0) is 15.2. The van der Waals surface area contributed by atoms with Crippen molar-refractivity contribution >= 4 is 11.6 Å². The summed E-state index contributed by atoms with van der Waals surface area (Å²) < 4.78 is 10.7. The fraction of sp³-hybridized carbons (Fsp3) is 0.333. The lowest BCUT2D eigenvalue weighted by Crippen LogP contribution is -2.09. The molecule has 0 radical (unpaired) electrons. The molecule has 6 heteroatoms. The molecule has 0 saturated carbocycles. The number of hydrogen-bond acceptors (Lipinski definition) is 6. The maximum Gasteiger partial charge on any atom is 0.226 e. The smallest absolute Gasteiger partial charge is 0.226 e. The maximum atomic E-state index is 5.88. The van der Waals surface area contributed by atoms with Gasteiger partial charge in [-0.25, -0.2) is 4.98 Å². The molecule has 0 saturated heterocycles. The Morgan fingerprint density at radius 2 is 2.10 bits per heavy atom. The Morgan fingerprint density at radius 3 is 2.76 bits per heavy atom. The van der Waals surface area contributed by atoms with Gasteiger partial charge in [-0.2, -0.15) is 4.98 Å². The van der Waals surface area contributed by atoms with Gasteiger partial charge in [0, 0.05) is 18.8 Å². The van der Waals surface area contributed by atoms with E-state index >= 15 is 0 Å². The van der Waals surface area contributed by atoms with E-state index in [1.54, 1.807) is 19.4 Å². The van der Waals surface area contributed by atoms with E-state index in [0.717, 1.165) is 5.56 Å². The predicted molar refractivity (Wildman–Crippen MR) is 82.5 cm³/mol. The summed E-state index contributed by atoms with van der Waals surface area (Å²) in [5.74, 6) is 1.74. The Hall–Kier alpha value is -2.50. The van der Waals surface area contributed by atoms with Gasteiger partial charge in [0.15, 0.2) is 0 Å². The van der Waals surface area contributed by atoms with E-state index in [0.29, 0.717) is 29.8 Å². The van der Waals surface area contributed by atoms with Crippen molar-refractivity contribution in [2.24, 2.45) is 0 Å². The molecule has 1 aromatic carbocycles. The fourth-order valence-electron chi connectivity index (χ4n) is 1.81. The first kappa shape index (κ1) is 14.9. The van der Waals surface area contributed by atoms with Crippen molar-refractivity contribution in [1.29, 1.82) is 0 Å². The first-order valence-corrected chi connectivity index (χ1v) is 6.74. The molecule has 112 valence electrons. The molecule has 0 fully saturated rings. The fourth-order valence-corrected chi connectivity index (χ4v) is 1.81. The van der Waals surface area contributed by atoms with Crippen LogP contribution in [-0.2, 0) is 6.54 Å². The van der Waals surface area contributed by atoms with Crippen molar-refractivity contribution in [3.05, 3.63) is 36.0 Å². The third-order valence-electron chi connectivity index (χ3n) is 2.73. The zero-order valence-electron chi connectivity index (χ0n) is 12.5. The summed E-state index contributed by atoms with van der Waals surface area (Å²) in [5.41, 5.74) is 7.50. The number of methoxy groups -OCH3 is 1. The molecule has 0 unspecified atom stereocenters. The minimum absolute atomic E-state index is 0.0779. The van der Waals surface area contributed by atoms with E-state index in [9.17, 15) is 0 Å². The number of anilines is 2. The molecule has 0 aliphatic carbocycles. The average molecular weight is 288 g/mol. The Balaban J connectivity index is 2.01. The van der Waals surface area contributed by atoms with Gasteiger partial charge in [-0.05, 0) is 31.5 Å². The van der Waals surface area contributed by atoms with Crippen molar-refractivity contribution in [2.75, 3.05) is 18.2 Å². The summed E-state index contributed by atoms with van der Waals surface area (Å²) in [5, 5.41) is 3.14. The number of hydrogen-bond donors (Lipinski definition) is 2. The number of rotatable bonds is 6. The van der Waals surface area contributed by atoms with Crippen molar-refractivity contribution in [1.82, 2.24) is 9.97 Å². The monoisotopic (exact) mass is 288 g/mol. The van der Waals surface area contributed by atoms with E-state index in [2.05, 4.69) is 15.3 Å². The SMILES string of the molecule is COc1ccc(CNc2nccc(OC(C)C)n2)cc1N. The highest BCUT2D eigenvalue weighted by atomic mass is 16.5. The van der Waals surface area contributed by atoms with Gasteiger partial charge in [0.2, 0.25) is 11.8 Å². The lowest BCUT2D eigenvalue weighted by molar-refractivity contribution is 0.232. The molecule has 0 spiro atoms. The van der Waals surface area contributed by atoms with Crippen LogP contribution in [0.5, 0.6) is 11.6 Å². The molecule has 0 aliphatic heterocycles. The molecule has 1 aromatic heterocycles. The number of ether oxygens (including phenoxy) is 2. The van der Waals surface area contributed by atoms with Crippen molar-refractivity contribution < 1.29 is 9.47 Å². The molecule has 21 heavy (non-hydrogen) atoms. The quantitative estimate of drug-likeness (QED) is 0.795. The third kappa shape index (κ3) is 4.24. The largest absolute Gasteiger partial charge is 0.495 e. The molecule has 0 amide bonds. The second-order valence-corrected chi connectivity index (χ2v) is 4.81. The van der Waals surface area contributed by atoms with E-state index in [1.807, 2.05) is 32.0 Å². The molecule has 1 heterocycles. The normalized spacial score (nSPS) is 10.5. The standard InChI is InChI=1S/C15H20N4O2/c1-10(2)21-14-6-7-17-15(19-14)18-9-11-4-5-13(20-3)12(16)8-11/h4-8,10H,9,16H2,1-3H3,(H,17,18,19). The Morgan fingerprint density at radius 1 is 1.29 bits per heavy atom. The Kier molecular flexibility index (Phi) is 4.81. The minimum Gasteiger partial charge on any atom is -0.495 e. The van der Waals surface area contributed by atoms with Gasteiger partial charge in [0.1, 0.15) is 5.75 Å². The molecule has 2 rings (SSSR count). The van der Waals surface area contributed by atoms with Crippen LogP contribution >= 0.6 is 0 Å². The molecule has 2 aromatic rings. The van der Waals surface area contributed by atoms with E-state index in [1.165, 1.54) is 0 Å². The summed E-state index contributed by atoms with van der Waals surface area (Å²) in [6.45, 7) is 4.48. The van der Waals surface area contributed by atoms with Gasteiger partial charge < -0.3 is 20.5 Å². The number of nitrogen functional groups attached to an aromatic ring is 1. The van der Waals surface area contributed by atoms with Crippen molar-refractivity contribution in [3.63, 3.8) is 0 Å². The number of aromatic nitrogens is 2. The second-order valence-electron chi connectivity index (χ2n) is 4.81. The van der Waals surface area contributed by atoms with Gasteiger partial charge in [0.25, 0.3) is 0 Å².